The van der Waals surface area contributed by atoms with Gasteiger partial charge in [0.05, 0.1) is 23.9 Å². The molecule has 4 aromatic heterocycles. The summed E-state index contributed by atoms with van der Waals surface area (Å²) in [6.45, 7) is 9.13. The van der Waals surface area contributed by atoms with E-state index < -0.39 is 17.0 Å². The number of anilines is 3. The minimum atomic E-state index is -0.944. The van der Waals surface area contributed by atoms with Crippen LogP contribution in [0.2, 0.25) is 0 Å². The minimum absolute atomic E-state index is 0.00145. The number of methoxy groups -OCH3 is 1. The van der Waals surface area contributed by atoms with Crippen molar-refractivity contribution >= 4 is 34.4 Å². The van der Waals surface area contributed by atoms with Crippen LogP contribution in [0.4, 0.5) is 17.6 Å². The number of nitrogens with one attached hydrogen (secondary N) is 1. The number of carbonyl (C=O) groups excluding carboxylic acids is 1. The van der Waals surface area contributed by atoms with Crippen LogP contribution in [0.25, 0.3) is 22.0 Å². The maximum Gasteiger partial charge on any atom is 0.244 e. The average Bonchev–Trinajstić information content (AvgIpc) is 3.59. The Bertz CT molecular complexity index is 1510. The second kappa shape index (κ2) is 10.5. The topological polar surface area (TPSA) is 149 Å². The third kappa shape index (κ3) is 5.00. The Kier molecular flexibility index (Phi) is 7.23. The van der Waals surface area contributed by atoms with Gasteiger partial charge >= 0.3 is 0 Å². The average molecular weight is 548 g/mol. The number of aliphatic hydroxyl groups is 1. The molecule has 40 heavy (non-hydrogen) atoms. The van der Waals surface area contributed by atoms with Crippen LogP contribution in [0.3, 0.4) is 0 Å². The number of fused-ring (bicyclic) bond motifs is 1. The standard InChI is InChI=1S/C28H37N9O3/c1-18(2)36-16-21(19-13-32-37(15-19)27(3,4)25(29)39)20-14-31-24(12-22(20)36)33-23-6-9-30-26(34-23)35-10-7-28(17-38,40-5)8-11-35/h6,9,12-16,18,38H,7-8,10-11,17H2,1-5H3,(H2,29,39)(H,30,31,33,34). The second-order valence-electron chi connectivity index (χ2n) is 11.1. The van der Waals surface area contributed by atoms with E-state index in [1.165, 1.54) is 0 Å². The molecule has 1 fully saturated rings. The molecule has 12 nitrogen and oxygen atoms in total. The molecule has 1 amide bonds. The van der Waals surface area contributed by atoms with Gasteiger partial charge in [-0.15, -0.1) is 0 Å². The van der Waals surface area contributed by atoms with Gasteiger partial charge in [-0.05, 0) is 46.6 Å². The summed E-state index contributed by atoms with van der Waals surface area (Å²) in [7, 11) is 1.65. The van der Waals surface area contributed by atoms with Crippen LogP contribution in [0.15, 0.2) is 43.1 Å². The van der Waals surface area contributed by atoms with Gasteiger partial charge in [-0.2, -0.15) is 10.1 Å². The predicted molar refractivity (Wildman–Crippen MR) is 153 cm³/mol. The Morgan fingerprint density at radius 3 is 2.60 bits per heavy atom. The Hall–Kier alpha value is -4.03. The highest BCUT2D eigenvalue weighted by Crippen LogP contribution is 2.34. The van der Waals surface area contributed by atoms with E-state index in [0.717, 1.165) is 22.0 Å². The monoisotopic (exact) mass is 547 g/mol. The fourth-order valence-corrected chi connectivity index (χ4v) is 4.99. The van der Waals surface area contributed by atoms with Gasteiger partial charge in [0.2, 0.25) is 11.9 Å². The molecule has 1 saturated heterocycles. The van der Waals surface area contributed by atoms with Crippen molar-refractivity contribution in [3.8, 4) is 11.1 Å². The lowest BCUT2D eigenvalue weighted by Crippen LogP contribution is -2.48. The number of nitrogens with zero attached hydrogens (tertiary/aromatic N) is 7. The molecule has 4 N–H and O–H groups in total. The van der Waals surface area contributed by atoms with Gasteiger partial charge in [-0.25, -0.2) is 9.97 Å². The van der Waals surface area contributed by atoms with E-state index >= 15 is 0 Å². The zero-order valence-electron chi connectivity index (χ0n) is 23.6. The van der Waals surface area contributed by atoms with E-state index in [-0.39, 0.29) is 12.6 Å². The van der Waals surface area contributed by atoms with E-state index in [1.807, 2.05) is 24.5 Å². The molecule has 0 bridgehead atoms. The first-order chi connectivity index (χ1) is 19.1. The molecule has 1 aliphatic rings. The minimum Gasteiger partial charge on any atom is -0.393 e. The first-order valence-electron chi connectivity index (χ1n) is 13.4. The number of carbonyl (C=O) groups is 1. The summed E-state index contributed by atoms with van der Waals surface area (Å²) < 4.78 is 9.36. The number of primary amides is 1. The highest BCUT2D eigenvalue weighted by Gasteiger charge is 2.35. The number of ether oxygens (including phenoxy) is 1. The Morgan fingerprint density at radius 1 is 1.20 bits per heavy atom. The summed E-state index contributed by atoms with van der Waals surface area (Å²) >= 11 is 0. The van der Waals surface area contributed by atoms with Crippen LogP contribution in [0.5, 0.6) is 0 Å². The molecule has 4 aromatic rings. The fourth-order valence-electron chi connectivity index (χ4n) is 4.99. The summed E-state index contributed by atoms with van der Waals surface area (Å²) in [5.74, 6) is 1.47. The van der Waals surface area contributed by atoms with E-state index in [2.05, 4.69) is 49.9 Å². The molecule has 0 radical (unpaired) electrons. The lowest BCUT2D eigenvalue weighted by atomic mass is 9.92. The predicted octanol–water partition coefficient (Wildman–Crippen LogP) is 3.21. The fraction of sp³-hybridized carbons (Fsp3) is 0.464. The molecule has 0 unspecified atom stereocenters. The van der Waals surface area contributed by atoms with Crippen molar-refractivity contribution in [2.45, 2.75) is 57.7 Å². The van der Waals surface area contributed by atoms with Crippen molar-refractivity contribution < 1.29 is 14.6 Å². The molecule has 5 heterocycles. The van der Waals surface area contributed by atoms with Crippen molar-refractivity contribution in [3.63, 3.8) is 0 Å². The molecule has 0 spiro atoms. The number of amides is 1. The summed E-state index contributed by atoms with van der Waals surface area (Å²) in [5.41, 5.74) is 7.01. The van der Waals surface area contributed by atoms with Crippen molar-refractivity contribution in [1.82, 2.24) is 29.3 Å². The van der Waals surface area contributed by atoms with E-state index in [9.17, 15) is 9.90 Å². The quantitative estimate of drug-likeness (QED) is 0.287. The van der Waals surface area contributed by atoms with Crippen LogP contribution >= 0.6 is 0 Å². The second-order valence-corrected chi connectivity index (χ2v) is 11.1. The zero-order valence-corrected chi connectivity index (χ0v) is 23.6. The van der Waals surface area contributed by atoms with Gasteiger partial charge < -0.3 is 30.4 Å². The smallest absolute Gasteiger partial charge is 0.244 e. The van der Waals surface area contributed by atoms with Crippen LogP contribution in [-0.2, 0) is 15.1 Å². The van der Waals surface area contributed by atoms with Crippen molar-refractivity contribution in [1.29, 1.82) is 0 Å². The summed E-state index contributed by atoms with van der Waals surface area (Å²) in [6.07, 6.45) is 10.7. The molecule has 0 aliphatic carbocycles. The maximum atomic E-state index is 11.9. The Balaban J connectivity index is 1.41. The highest BCUT2D eigenvalue weighted by atomic mass is 16.5. The molecule has 0 saturated carbocycles. The number of rotatable bonds is 9. The van der Waals surface area contributed by atoms with Crippen LogP contribution in [-0.4, -0.2) is 72.7 Å². The number of piperidine rings is 1. The van der Waals surface area contributed by atoms with Crippen LogP contribution in [0, 0.1) is 0 Å². The summed E-state index contributed by atoms with van der Waals surface area (Å²) in [6, 6.07) is 4.02. The first kappa shape index (κ1) is 27.5. The molecule has 212 valence electrons. The van der Waals surface area contributed by atoms with Crippen LogP contribution in [0.1, 0.15) is 46.6 Å². The van der Waals surface area contributed by atoms with Crippen molar-refractivity contribution in [2.75, 3.05) is 37.0 Å². The van der Waals surface area contributed by atoms with E-state index in [4.69, 9.17) is 15.5 Å². The number of pyridine rings is 1. The van der Waals surface area contributed by atoms with Gasteiger partial charge in [0.25, 0.3) is 0 Å². The molecule has 12 heteroatoms. The number of aromatic nitrogens is 6. The highest BCUT2D eigenvalue weighted by molar-refractivity contribution is 5.96. The van der Waals surface area contributed by atoms with Gasteiger partial charge in [0.15, 0.2) is 0 Å². The lowest BCUT2D eigenvalue weighted by Gasteiger charge is -2.39. The van der Waals surface area contributed by atoms with Crippen LogP contribution < -0.4 is 16.0 Å². The van der Waals surface area contributed by atoms with E-state index in [0.29, 0.717) is 43.5 Å². The summed E-state index contributed by atoms with van der Waals surface area (Å²) in [4.78, 5) is 27.9. The number of hydrogen-bond donors (Lipinski definition) is 3. The Labute approximate surface area is 233 Å². The Morgan fingerprint density at radius 2 is 1.95 bits per heavy atom. The molecule has 0 aromatic carbocycles. The molecular formula is C28H37N9O3. The number of hydrogen-bond acceptors (Lipinski definition) is 9. The largest absolute Gasteiger partial charge is 0.393 e. The van der Waals surface area contributed by atoms with E-state index in [1.54, 1.807) is 38.0 Å². The van der Waals surface area contributed by atoms with Crippen molar-refractivity contribution in [2.24, 2.45) is 5.73 Å². The summed E-state index contributed by atoms with van der Waals surface area (Å²) in [5, 5.41) is 18.5. The zero-order chi connectivity index (χ0) is 28.7. The van der Waals surface area contributed by atoms with Gasteiger partial charge in [0.1, 0.15) is 17.2 Å². The van der Waals surface area contributed by atoms with Gasteiger partial charge in [-0.1, -0.05) is 0 Å². The van der Waals surface area contributed by atoms with Gasteiger partial charge in [-0.3, -0.25) is 9.48 Å². The van der Waals surface area contributed by atoms with Gasteiger partial charge in [0, 0.05) is 73.6 Å². The number of nitrogens with two attached hydrogens (primary N) is 1. The van der Waals surface area contributed by atoms with Crippen molar-refractivity contribution in [3.05, 3.63) is 43.1 Å². The SMILES string of the molecule is COC1(CO)CCN(c2nccc(Nc3cc4c(cn3)c(-c3cnn(C(C)(C)C(N)=O)c3)cn4C(C)C)n2)CC1. The molecule has 0 atom stereocenters. The third-order valence-corrected chi connectivity index (χ3v) is 7.92. The molecule has 5 rings (SSSR count). The lowest BCUT2D eigenvalue weighted by molar-refractivity contribution is -0.125. The normalized spacial score (nSPS) is 15.6. The first-order valence-corrected chi connectivity index (χ1v) is 13.4. The maximum absolute atomic E-state index is 11.9. The number of aliphatic hydroxyl groups excluding tert-OH is 1. The molecular weight excluding hydrogens is 510 g/mol. The third-order valence-electron chi connectivity index (χ3n) is 7.92. The molecule has 1 aliphatic heterocycles.